The summed E-state index contributed by atoms with van der Waals surface area (Å²) in [5.41, 5.74) is 2.36. The molecule has 0 radical (unpaired) electrons. The molecule has 0 bridgehead atoms. The van der Waals surface area contributed by atoms with Crippen LogP contribution in [0.4, 0.5) is 4.79 Å². The Bertz CT molecular complexity index is 543. The lowest BCUT2D eigenvalue weighted by Gasteiger charge is -2.48. The molecule has 1 amide bonds. The van der Waals surface area contributed by atoms with E-state index < -0.39 is 5.60 Å². The van der Waals surface area contributed by atoms with Crippen molar-refractivity contribution in [3.8, 4) is 0 Å². The van der Waals surface area contributed by atoms with Gasteiger partial charge in [-0.25, -0.2) is 9.78 Å². The molecular formula is C16H25N3O3S. The van der Waals surface area contributed by atoms with Crippen LogP contribution in [-0.4, -0.2) is 41.5 Å². The van der Waals surface area contributed by atoms with Gasteiger partial charge in [0.15, 0.2) is 0 Å². The van der Waals surface area contributed by atoms with E-state index >= 15 is 0 Å². The zero-order chi connectivity index (χ0) is 16.6. The fourth-order valence-corrected chi connectivity index (χ4v) is 4.00. The van der Waals surface area contributed by atoms with E-state index in [9.17, 15) is 4.79 Å². The van der Waals surface area contributed by atoms with Crippen molar-refractivity contribution in [2.75, 3.05) is 6.61 Å². The number of aromatic nitrogens is 1. The number of hydrogen-bond donors (Lipinski definition) is 2. The second-order valence-corrected chi connectivity index (χ2v) is 8.01. The number of carbonyl (C=O) groups is 1. The van der Waals surface area contributed by atoms with Gasteiger partial charge >= 0.3 is 6.09 Å². The van der Waals surface area contributed by atoms with E-state index in [2.05, 4.69) is 22.5 Å². The first-order valence-corrected chi connectivity index (χ1v) is 9.05. The Morgan fingerprint density at radius 3 is 2.91 bits per heavy atom. The molecular weight excluding hydrogens is 314 g/mol. The van der Waals surface area contributed by atoms with Crippen LogP contribution in [0.3, 0.4) is 0 Å². The van der Waals surface area contributed by atoms with E-state index in [4.69, 9.17) is 9.47 Å². The summed E-state index contributed by atoms with van der Waals surface area (Å²) in [6, 6.07) is 0.254. The lowest BCUT2D eigenvalue weighted by Crippen LogP contribution is -2.70. The Morgan fingerprint density at radius 2 is 2.26 bits per heavy atom. The highest BCUT2D eigenvalue weighted by Crippen LogP contribution is 2.40. The molecule has 6 nitrogen and oxygen atoms in total. The fraction of sp³-hybridized carbons (Fsp3) is 0.750. The summed E-state index contributed by atoms with van der Waals surface area (Å²) in [6.07, 6.45) is 0.783. The minimum atomic E-state index is -0.490. The van der Waals surface area contributed by atoms with Crippen molar-refractivity contribution < 1.29 is 14.3 Å². The van der Waals surface area contributed by atoms with E-state index in [1.54, 1.807) is 11.3 Å². The Hall–Kier alpha value is -1.18. The van der Waals surface area contributed by atoms with Gasteiger partial charge < -0.3 is 20.1 Å². The minimum absolute atomic E-state index is 0.0402. The third kappa shape index (κ3) is 3.67. The molecule has 0 aromatic carbocycles. The maximum atomic E-state index is 12.1. The van der Waals surface area contributed by atoms with Crippen molar-refractivity contribution in [2.24, 2.45) is 5.92 Å². The van der Waals surface area contributed by atoms with E-state index in [0.29, 0.717) is 5.92 Å². The summed E-state index contributed by atoms with van der Waals surface area (Å²) < 4.78 is 11.2. The van der Waals surface area contributed by atoms with E-state index in [1.807, 2.05) is 31.7 Å². The largest absolute Gasteiger partial charge is 0.444 e. The van der Waals surface area contributed by atoms with Crippen LogP contribution in [0.5, 0.6) is 0 Å². The number of carbonyl (C=O) groups excluding carboxylic acids is 1. The Kier molecular flexibility index (Phi) is 4.62. The summed E-state index contributed by atoms with van der Waals surface area (Å²) in [5.74, 6) is 0.364. The van der Waals surface area contributed by atoms with Crippen molar-refractivity contribution in [2.45, 2.75) is 63.9 Å². The maximum Gasteiger partial charge on any atom is 0.407 e. The molecule has 2 N–H and O–H groups in total. The average Bonchev–Trinajstić information content (AvgIpc) is 3.10. The van der Waals surface area contributed by atoms with Gasteiger partial charge in [0.05, 0.1) is 29.4 Å². The van der Waals surface area contributed by atoms with Gasteiger partial charge in [-0.15, -0.1) is 11.3 Å². The highest BCUT2D eigenvalue weighted by molar-refractivity contribution is 7.07. The van der Waals surface area contributed by atoms with Crippen LogP contribution in [0.1, 0.15) is 45.9 Å². The van der Waals surface area contributed by atoms with Crippen LogP contribution in [0, 0.1) is 5.92 Å². The summed E-state index contributed by atoms with van der Waals surface area (Å²) in [4.78, 5) is 16.4. The van der Waals surface area contributed by atoms with E-state index in [1.165, 1.54) is 0 Å². The Morgan fingerprint density at radius 1 is 1.48 bits per heavy atom. The third-order valence-corrected chi connectivity index (χ3v) is 5.01. The number of hydrogen-bond acceptors (Lipinski definition) is 6. The van der Waals surface area contributed by atoms with Crippen molar-refractivity contribution in [3.63, 3.8) is 0 Å². The van der Waals surface area contributed by atoms with Gasteiger partial charge in [-0.2, -0.15) is 0 Å². The van der Waals surface area contributed by atoms with Gasteiger partial charge in [0.1, 0.15) is 5.60 Å². The number of alkyl carbamates (subject to hydrolysis) is 1. The molecule has 2 heterocycles. The maximum absolute atomic E-state index is 12.1. The molecule has 1 saturated heterocycles. The molecule has 1 aliphatic heterocycles. The minimum Gasteiger partial charge on any atom is -0.444 e. The van der Waals surface area contributed by atoms with E-state index in [-0.39, 0.29) is 30.3 Å². The number of rotatable bonds is 4. The first kappa shape index (κ1) is 16.7. The fourth-order valence-electron chi connectivity index (χ4n) is 3.36. The predicted octanol–water partition coefficient (Wildman–Crippen LogP) is 2.47. The molecule has 1 aromatic heterocycles. The van der Waals surface area contributed by atoms with Crippen LogP contribution >= 0.6 is 11.3 Å². The highest BCUT2D eigenvalue weighted by Gasteiger charge is 2.55. The van der Waals surface area contributed by atoms with Gasteiger partial charge in [-0.05, 0) is 34.1 Å². The van der Waals surface area contributed by atoms with Gasteiger partial charge in [0.2, 0.25) is 0 Å². The zero-order valence-corrected chi connectivity index (χ0v) is 14.9. The molecule has 1 aliphatic carbocycles. The Balaban J connectivity index is 1.62. The molecule has 0 spiro atoms. The Labute approximate surface area is 141 Å². The lowest BCUT2D eigenvalue weighted by atomic mass is 9.71. The standard InChI is InChI=1S/C16H25N3O3S/c1-9(11-7-23-8-17-11)18-13-12(10-5-6-21-14(10)13)19-15(20)22-16(2,3)4/h7-10,12-14,18H,5-6H2,1-4H3,(H,19,20). The topological polar surface area (TPSA) is 72.5 Å². The molecule has 2 aliphatic rings. The number of fused-ring (bicyclic) bond motifs is 1. The average molecular weight is 339 g/mol. The third-order valence-electron chi connectivity index (χ3n) is 4.41. The summed E-state index contributed by atoms with van der Waals surface area (Å²) in [7, 11) is 0. The van der Waals surface area contributed by atoms with Crippen molar-refractivity contribution >= 4 is 17.4 Å². The number of ether oxygens (including phenoxy) is 2. The van der Waals surface area contributed by atoms with Gasteiger partial charge in [0.25, 0.3) is 0 Å². The molecule has 3 rings (SSSR count). The molecule has 5 unspecified atom stereocenters. The summed E-state index contributed by atoms with van der Waals surface area (Å²) in [5, 5.41) is 8.62. The highest BCUT2D eigenvalue weighted by atomic mass is 32.1. The number of nitrogens with zero attached hydrogens (tertiary/aromatic N) is 1. The van der Waals surface area contributed by atoms with Crippen molar-refractivity contribution in [1.29, 1.82) is 0 Å². The molecule has 23 heavy (non-hydrogen) atoms. The number of amides is 1. The summed E-state index contributed by atoms with van der Waals surface area (Å²) >= 11 is 1.59. The lowest BCUT2D eigenvalue weighted by molar-refractivity contribution is -0.0372. The monoisotopic (exact) mass is 339 g/mol. The first-order valence-electron chi connectivity index (χ1n) is 8.10. The van der Waals surface area contributed by atoms with Gasteiger partial charge in [-0.3, -0.25) is 0 Å². The van der Waals surface area contributed by atoms with Crippen molar-refractivity contribution in [3.05, 3.63) is 16.6 Å². The van der Waals surface area contributed by atoms with E-state index in [0.717, 1.165) is 18.7 Å². The number of nitrogens with one attached hydrogen (secondary N) is 2. The van der Waals surface area contributed by atoms with Crippen LogP contribution in [0.15, 0.2) is 10.9 Å². The zero-order valence-electron chi connectivity index (χ0n) is 14.0. The van der Waals surface area contributed by atoms with Crippen LogP contribution < -0.4 is 10.6 Å². The van der Waals surface area contributed by atoms with Gasteiger partial charge in [0, 0.05) is 23.9 Å². The summed E-state index contributed by atoms with van der Waals surface area (Å²) in [6.45, 7) is 8.45. The van der Waals surface area contributed by atoms with Crippen LogP contribution in [0.25, 0.3) is 0 Å². The predicted molar refractivity (Wildman–Crippen MR) is 88.5 cm³/mol. The first-order chi connectivity index (χ1) is 10.8. The van der Waals surface area contributed by atoms with Crippen LogP contribution in [-0.2, 0) is 9.47 Å². The second kappa shape index (κ2) is 6.37. The normalized spacial score (nSPS) is 31.1. The van der Waals surface area contributed by atoms with Crippen LogP contribution in [0.2, 0.25) is 0 Å². The smallest absolute Gasteiger partial charge is 0.407 e. The SMILES string of the molecule is CC(NC1C(NC(=O)OC(C)(C)C)C2CCOC21)c1cscn1. The molecule has 2 fully saturated rings. The molecule has 7 heteroatoms. The molecule has 1 saturated carbocycles. The molecule has 128 valence electrons. The van der Waals surface area contributed by atoms with Crippen molar-refractivity contribution in [1.82, 2.24) is 15.6 Å². The van der Waals surface area contributed by atoms with Gasteiger partial charge in [-0.1, -0.05) is 0 Å². The second-order valence-electron chi connectivity index (χ2n) is 7.29. The molecule has 1 aromatic rings. The number of thiazole rings is 1. The quantitative estimate of drug-likeness (QED) is 0.882. The molecule has 5 atom stereocenters.